The number of anilines is 1. The number of aromatic nitrogens is 5. The van der Waals surface area contributed by atoms with E-state index in [4.69, 9.17) is 26.0 Å². The highest BCUT2D eigenvalue weighted by atomic mass is 32.1. The topological polar surface area (TPSA) is 181 Å². The van der Waals surface area contributed by atoms with Gasteiger partial charge in [0.25, 0.3) is 0 Å². The first kappa shape index (κ1) is 42.3. The molecule has 3 atom stereocenters. The van der Waals surface area contributed by atoms with Crippen LogP contribution in [-0.4, -0.2) is 103 Å². The van der Waals surface area contributed by atoms with E-state index in [1.54, 1.807) is 23.5 Å². The van der Waals surface area contributed by atoms with Crippen LogP contribution in [0.1, 0.15) is 38.4 Å². The fraction of sp³-hybridized carbons (Fsp3) is 0.341. The number of aliphatic hydroxyl groups excluding tert-OH is 1. The molecule has 1 saturated heterocycles. The number of β-amino-alcohol motifs (C(OH)–C–C–N with tert-alkyl or cyclic N) is 1. The van der Waals surface area contributed by atoms with Gasteiger partial charge in [0.1, 0.15) is 53.9 Å². The zero-order valence-corrected chi connectivity index (χ0v) is 36.5. The molecule has 6 heterocycles. The number of ether oxygens (including phenoxy) is 2. The molecule has 1 fully saturated rings. The maximum Gasteiger partial charge on any atom is 0.246 e. The lowest BCUT2D eigenvalue weighted by Crippen LogP contribution is -2.58. The highest BCUT2D eigenvalue weighted by Crippen LogP contribution is 2.35. The van der Waals surface area contributed by atoms with Crippen LogP contribution in [-0.2, 0) is 25.7 Å². The van der Waals surface area contributed by atoms with Crippen LogP contribution in [0.4, 0.5) is 11.5 Å². The first-order chi connectivity index (χ1) is 29.8. The molecule has 0 radical (unpaired) electrons. The number of nitrogens with one attached hydrogen (secondary N) is 3. The summed E-state index contributed by atoms with van der Waals surface area (Å²) in [5, 5.41) is 19.5. The van der Waals surface area contributed by atoms with E-state index in [0.717, 1.165) is 42.7 Å². The summed E-state index contributed by atoms with van der Waals surface area (Å²) in [6, 6.07) is 15.2. The third-order valence-electron chi connectivity index (χ3n) is 10.7. The molecular formula is C44H46N10O6S2. The van der Waals surface area contributed by atoms with E-state index >= 15 is 0 Å². The van der Waals surface area contributed by atoms with Crippen molar-refractivity contribution < 1.29 is 29.0 Å². The number of aliphatic hydroxyl groups is 1. The van der Waals surface area contributed by atoms with Gasteiger partial charge in [0.05, 0.1) is 45.6 Å². The van der Waals surface area contributed by atoms with Gasteiger partial charge in [0.2, 0.25) is 17.7 Å². The predicted octanol–water partition coefficient (Wildman–Crippen LogP) is 6.09. The zero-order chi connectivity index (χ0) is 43.7. The van der Waals surface area contributed by atoms with Gasteiger partial charge in [-0.25, -0.2) is 19.8 Å². The van der Waals surface area contributed by atoms with Crippen LogP contribution in [0.25, 0.3) is 47.5 Å². The van der Waals surface area contributed by atoms with Crippen LogP contribution in [0, 0.1) is 18.9 Å². The number of carbonyl (C=O) groups excluding carboxylic acids is 3. The van der Waals surface area contributed by atoms with Gasteiger partial charge in [0.15, 0.2) is 10.6 Å². The number of rotatable bonds is 14. The summed E-state index contributed by atoms with van der Waals surface area (Å²) in [5.41, 5.74) is 7.52. The first-order valence-corrected chi connectivity index (χ1v) is 21.8. The summed E-state index contributed by atoms with van der Waals surface area (Å²) in [6.07, 6.45) is 2.99. The Morgan fingerprint density at radius 1 is 1.06 bits per heavy atom. The number of hydrogen-bond acceptors (Lipinski definition) is 12. The molecule has 320 valence electrons. The van der Waals surface area contributed by atoms with Gasteiger partial charge in [-0.1, -0.05) is 56.4 Å². The Morgan fingerprint density at radius 3 is 2.60 bits per heavy atom. The number of fused-ring (bicyclic) bond motifs is 4. The van der Waals surface area contributed by atoms with Crippen molar-refractivity contribution in [2.75, 3.05) is 38.7 Å². The quantitative estimate of drug-likeness (QED) is 0.0738. The number of carbonyl (C=O) groups is 3. The van der Waals surface area contributed by atoms with E-state index in [9.17, 15) is 19.5 Å². The van der Waals surface area contributed by atoms with Crippen molar-refractivity contribution in [3.8, 4) is 27.6 Å². The Hall–Kier alpha value is -6.39. The van der Waals surface area contributed by atoms with E-state index in [1.807, 2.05) is 104 Å². The lowest BCUT2D eigenvalue weighted by atomic mass is 9.85. The van der Waals surface area contributed by atoms with Crippen molar-refractivity contribution in [3.63, 3.8) is 0 Å². The number of amides is 3. The third kappa shape index (κ3) is 8.70. The Bertz CT molecular complexity index is 2830. The molecule has 1 aliphatic rings. The summed E-state index contributed by atoms with van der Waals surface area (Å²) >= 11 is 3.08. The van der Waals surface area contributed by atoms with E-state index in [0.29, 0.717) is 28.5 Å². The van der Waals surface area contributed by atoms with Crippen molar-refractivity contribution in [2.24, 2.45) is 5.41 Å². The van der Waals surface area contributed by atoms with Gasteiger partial charge in [-0.05, 0) is 53.8 Å². The van der Waals surface area contributed by atoms with Crippen LogP contribution in [0.15, 0.2) is 72.5 Å². The Kier molecular flexibility index (Phi) is 12.0. The Balaban J connectivity index is 0.828. The number of benzene rings is 2. The number of hydrogen-bond donors (Lipinski definition) is 4. The maximum absolute atomic E-state index is 14.0. The minimum Gasteiger partial charge on any atom is -0.491 e. The molecule has 0 aliphatic carbocycles. The first-order valence-electron chi connectivity index (χ1n) is 20.1. The Morgan fingerprint density at radius 2 is 1.87 bits per heavy atom. The molecular weight excluding hydrogens is 829 g/mol. The second kappa shape index (κ2) is 17.5. The average Bonchev–Trinajstić information content (AvgIpc) is 4.09. The number of pyridine rings is 1. The number of imidazole rings is 2. The van der Waals surface area contributed by atoms with Crippen molar-refractivity contribution in [1.82, 2.24) is 39.3 Å². The molecule has 2 aromatic carbocycles. The summed E-state index contributed by atoms with van der Waals surface area (Å²) in [5.74, 6) is 0.101. The fourth-order valence-corrected chi connectivity index (χ4v) is 9.42. The lowest BCUT2D eigenvalue weighted by Gasteiger charge is -2.35. The number of aryl methyl sites for hydroxylation is 1. The maximum atomic E-state index is 14.0. The van der Waals surface area contributed by atoms with Crippen LogP contribution in [0.5, 0.6) is 5.75 Å². The molecule has 0 bridgehead atoms. The minimum atomic E-state index is -0.976. The largest absolute Gasteiger partial charge is 0.491 e. The third-order valence-corrected chi connectivity index (χ3v) is 12.7. The summed E-state index contributed by atoms with van der Waals surface area (Å²) in [7, 11) is 1.83. The summed E-state index contributed by atoms with van der Waals surface area (Å²) in [6.45, 7) is 15.0. The molecule has 5 aromatic heterocycles. The minimum absolute atomic E-state index is 0.0198. The van der Waals surface area contributed by atoms with Gasteiger partial charge >= 0.3 is 0 Å². The number of likely N-dealkylation sites (tertiary alicyclic amines) is 1. The molecule has 7 aromatic rings. The van der Waals surface area contributed by atoms with Gasteiger partial charge in [-0.2, -0.15) is 0 Å². The molecule has 62 heavy (non-hydrogen) atoms. The highest BCUT2D eigenvalue weighted by Gasteiger charge is 2.44. The van der Waals surface area contributed by atoms with Crippen molar-refractivity contribution >= 4 is 72.7 Å². The van der Waals surface area contributed by atoms with Gasteiger partial charge < -0.3 is 35.4 Å². The molecule has 8 rings (SSSR count). The molecule has 0 unspecified atom stereocenters. The smallest absolute Gasteiger partial charge is 0.246 e. The second-order valence-corrected chi connectivity index (χ2v) is 18.0. The zero-order valence-electron chi connectivity index (χ0n) is 34.8. The van der Waals surface area contributed by atoms with Crippen molar-refractivity contribution in [1.29, 1.82) is 0 Å². The Labute approximate surface area is 365 Å². The molecule has 16 nitrogen and oxygen atoms in total. The molecule has 3 amide bonds. The van der Waals surface area contributed by atoms with Gasteiger partial charge in [-0.3, -0.25) is 23.2 Å². The molecule has 0 spiro atoms. The van der Waals surface area contributed by atoms with Crippen LogP contribution in [0.2, 0.25) is 0 Å². The van der Waals surface area contributed by atoms with Gasteiger partial charge in [0, 0.05) is 39.0 Å². The molecule has 0 saturated carbocycles. The average molecular weight is 875 g/mol. The highest BCUT2D eigenvalue weighted by molar-refractivity contribution is 7.23. The molecule has 1 aliphatic heterocycles. The summed E-state index contributed by atoms with van der Waals surface area (Å²) < 4.78 is 16.5. The number of thiazole rings is 2. The van der Waals surface area contributed by atoms with E-state index in [-0.39, 0.29) is 45.2 Å². The van der Waals surface area contributed by atoms with E-state index in [1.165, 1.54) is 16.2 Å². The van der Waals surface area contributed by atoms with Crippen LogP contribution < -0.4 is 20.7 Å². The van der Waals surface area contributed by atoms with Crippen molar-refractivity contribution in [3.05, 3.63) is 95.2 Å². The molecule has 4 N–H and O–H groups in total. The SMILES string of the molecule is [C-]#[N+]c1ccn2c(NC)c(-c3cn4c(n3)sc3cc(OCCOCC(=O)N[C@H](C(=O)N5C[C@H](O)C[C@H]5C(=O)NCc5ccc(-c6scnc6C)cc5)C(C)(C)C)ccc34)nc2c1. The van der Waals surface area contributed by atoms with Crippen molar-refractivity contribution in [2.45, 2.75) is 58.8 Å². The second-order valence-electron chi connectivity index (χ2n) is 16.1. The standard InChI is InChI=1S/C44H46N10O6S2/c1-25-38(61-24-48-25)27-9-7-26(8-10-27)20-47-41(57)33-18-29(55)21-53(33)42(58)39(44(2,3)4)51-36(56)23-59-15-16-60-30-11-12-32-34(19-30)62-43-49-31(22-54(32)43)37-40(46-6)52-14-13-28(45-5)17-35(52)50-37/h7-14,17,19,22,24,29,33,39,46,55H,15-16,18,20-21,23H2,1-4,6H3,(H,47,57)(H,51,56)/t29-,33+,39-/m1/s1. The normalized spacial score (nSPS) is 15.9. The van der Waals surface area contributed by atoms with E-state index in [2.05, 4.69) is 25.8 Å². The summed E-state index contributed by atoms with van der Waals surface area (Å²) in [4.78, 5) is 61.3. The van der Waals surface area contributed by atoms with E-state index < -0.39 is 35.4 Å². The number of nitrogens with zero attached hydrogens (tertiary/aromatic N) is 7. The predicted molar refractivity (Wildman–Crippen MR) is 239 cm³/mol. The van der Waals surface area contributed by atoms with Crippen LogP contribution in [0.3, 0.4) is 0 Å². The fourth-order valence-electron chi connectivity index (χ4n) is 7.57. The molecule has 18 heteroatoms. The van der Waals surface area contributed by atoms with Gasteiger partial charge in [-0.15, -0.1) is 11.3 Å². The monoisotopic (exact) mass is 874 g/mol. The van der Waals surface area contributed by atoms with Crippen LogP contribution >= 0.6 is 22.7 Å². The lowest BCUT2D eigenvalue weighted by molar-refractivity contribution is -0.144.